The van der Waals surface area contributed by atoms with Crippen LogP contribution < -0.4 is 15.0 Å². The normalized spacial score (nSPS) is 20.6. The Kier molecular flexibility index (Phi) is 5.32. The van der Waals surface area contributed by atoms with Crippen LogP contribution in [0.15, 0.2) is 36.8 Å². The van der Waals surface area contributed by atoms with E-state index in [1.54, 1.807) is 27.9 Å². The van der Waals surface area contributed by atoms with Crippen molar-refractivity contribution < 1.29 is 18.3 Å². The van der Waals surface area contributed by atoms with Crippen molar-refractivity contribution in [3.63, 3.8) is 0 Å². The maximum atomic E-state index is 13.2. The molecule has 3 aromatic rings. The molecule has 2 aliphatic heterocycles. The van der Waals surface area contributed by atoms with Gasteiger partial charge >= 0.3 is 0 Å². The van der Waals surface area contributed by atoms with E-state index >= 15 is 0 Å². The first-order valence-corrected chi connectivity index (χ1v) is 11.7. The lowest BCUT2D eigenvalue weighted by atomic mass is 10.0. The van der Waals surface area contributed by atoms with Gasteiger partial charge in [-0.1, -0.05) is 0 Å². The molecule has 4 heterocycles. The fourth-order valence-electron chi connectivity index (χ4n) is 4.94. The molecule has 1 amide bonds. The van der Waals surface area contributed by atoms with Crippen molar-refractivity contribution in [3.8, 4) is 5.75 Å². The third kappa shape index (κ3) is 4.06. The second-order valence-corrected chi connectivity index (χ2v) is 9.25. The van der Waals surface area contributed by atoms with Crippen LogP contribution in [0, 0.1) is 5.92 Å². The number of carbonyl (C=O) groups is 1. The molecule has 1 aliphatic carbocycles. The number of amides is 1. The van der Waals surface area contributed by atoms with E-state index in [1.807, 2.05) is 12.1 Å². The summed E-state index contributed by atoms with van der Waals surface area (Å²) < 4.78 is 33.5. The average Bonchev–Trinajstić information content (AvgIpc) is 3.45. The zero-order valence-corrected chi connectivity index (χ0v) is 18.7. The summed E-state index contributed by atoms with van der Waals surface area (Å²) in [5, 5.41) is 7.29. The number of nitrogens with one attached hydrogen (secondary N) is 1. The second kappa shape index (κ2) is 8.50. The predicted molar refractivity (Wildman–Crippen MR) is 123 cm³/mol. The van der Waals surface area contributed by atoms with E-state index in [4.69, 9.17) is 4.74 Å². The summed E-state index contributed by atoms with van der Waals surface area (Å²) in [6.45, 7) is 2.06. The number of hydrogen-bond acceptors (Lipinski definition) is 6. The van der Waals surface area contributed by atoms with Gasteiger partial charge in [0.05, 0.1) is 24.1 Å². The van der Waals surface area contributed by atoms with Gasteiger partial charge in [-0.05, 0) is 30.9 Å². The molecule has 0 spiro atoms. The quantitative estimate of drug-likeness (QED) is 0.600. The van der Waals surface area contributed by atoms with Crippen molar-refractivity contribution in [2.24, 2.45) is 5.92 Å². The van der Waals surface area contributed by atoms with Gasteiger partial charge in [-0.25, -0.2) is 18.3 Å². The Hall–Kier alpha value is -3.27. The highest BCUT2D eigenvalue weighted by Crippen LogP contribution is 2.45. The Morgan fingerprint density at radius 1 is 1.21 bits per heavy atom. The Labute approximate surface area is 195 Å². The fourth-order valence-corrected chi connectivity index (χ4v) is 4.94. The molecule has 178 valence electrons. The van der Waals surface area contributed by atoms with Gasteiger partial charge in [0.15, 0.2) is 5.65 Å². The molecule has 0 bridgehead atoms. The minimum absolute atomic E-state index is 0.195. The van der Waals surface area contributed by atoms with E-state index in [2.05, 4.69) is 20.3 Å². The number of nitrogens with zero attached hydrogens (tertiary/aromatic N) is 5. The Morgan fingerprint density at radius 2 is 2.03 bits per heavy atom. The van der Waals surface area contributed by atoms with Crippen LogP contribution in [0.3, 0.4) is 0 Å². The van der Waals surface area contributed by atoms with E-state index in [-0.39, 0.29) is 18.6 Å². The smallest absolute Gasteiger partial charge is 0.261 e. The van der Waals surface area contributed by atoms with Crippen molar-refractivity contribution in [3.05, 3.63) is 47.9 Å². The highest BCUT2D eigenvalue weighted by molar-refractivity contribution is 6.09. The average molecular weight is 469 g/mol. The third-order valence-electron chi connectivity index (χ3n) is 6.91. The summed E-state index contributed by atoms with van der Waals surface area (Å²) in [6, 6.07) is 5.77. The summed E-state index contributed by atoms with van der Waals surface area (Å²) in [5.41, 5.74) is 3.51. The van der Waals surface area contributed by atoms with Crippen LogP contribution in [0.5, 0.6) is 5.75 Å². The fraction of sp³-hybridized carbons (Fsp3) is 0.458. The summed E-state index contributed by atoms with van der Waals surface area (Å²) >= 11 is 0. The summed E-state index contributed by atoms with van der Waals surface area (Å²) in [5.74, 6) is 1.18. The molecular weight excluding hydrogens is 442 g/mol. The van der Waals surface area contributed by atoms with Gasteiger partial charge in [0, 0.05) is 56.6 Å². The minimum atomic E-state index is -2.34. The van der Waals surface area contributed by atoms with Crippen LogP contribution in [0.1, 0.15) is 28.8 Å². The zero-order valence-electron chi connectivity index (χ0n) is 18.7. The molecular formula is C24H26F2N6O2. The molecule has 1 saturated heterocycles. The molecule has 0 radical (unpaired) electrons. The van der Waals surface area contributed by atoms with Crippen LogP contribution in [-0.2, 0) is 6.42 Å². The second-order valence-electron chi connectivity index (χ2n) is 9.25. The number of carbonyl (C=O) groups excluding carboxylic acids is 1. The number of fused-ring (bicyclic) bond motifs is 2. The summed E-state index contributed by atoms with van der Waals surface area (Å²) in [7, 11) is 0. The Balaban J connectivity index is 1.28. The summed E-state index contributed by atoms with van der Waals surface area (Å²) in [6.07, 6.45) is 5.97. The maximum Gasteiger partial charge on any atom is 0.261 e. The number of benzene rings is 1. The lowest BCUT2D eigenvalue weighted by molar-refractivity contribution is 0.0854. The van der Waals surface area contributed by atoms with Crippen molar-refractivity contribution in [2.45, 2.75) is 31.8 Å². The minimum Gasteiger partial charge on any atom is -0.489 e. The van der Waals surface area contributed by atoms with Gasteiger partial charge in [-0.15, -0.1) is 0 Å². The van der Waals surface area contributed by atoms with Crippen molar-refractivity contribution in [1.82, 2.24) is 19.5 Å². The van der Waals surface area contributed by atoms with Crippen LogP contribution in [-0.4, -0.2) is 70.7 Å². The van der Waals surface area contributed by atoms with E-state index in [0.29, 0.717) is 49.0 Å². The molecule has 2 aromatic heterocycles. The number of ether oxygens (including phenoxy) is 1. The first-order chi connectivity index (χ1) is 16.5. The highest BCUT2D eigenvalue weighted by Gasteiger charge is 2.38. The van der Waals surface area contributed by atoms with Crippen LogP contribution >= 0.6 is 0 Å². The molecule has 1 aromatic carbocycles. The maximum absolute atomic E-state index is 13.2. The van der Waals surface area contributed by atoms with Crippen molar-refractivity contribution in [1.29, 1.82) is 0 Å². The van der Waals surface area contributed by atoms with Crippen molar-refractivity contribution >= 4 is 22.9 Å². The zero-order chi connectivity index (χ0) is 23.2. The highest BCUT2D eigenvalue weighted by atomic mass is 19.3. The molecule has 6 rings (SSSR count). The lowest BCUT2D eigenvalue weighted by Crippen LogP contribution is -2.48. The first-order valence-electron chi connectivity index (χ1n) is 11.7. The predicted octanol–water partition coefficient (Wildman–Crippen LogP) is 3.08. The van der Waals surface area contributed by atoms with Gasteiger partial charge in [-0.3, -0.25) is 9.69 Å². The molecule has 3 aliphatic rings. The number of aromatic nitrogens is 3. The van der Waals surface area contributed by atoms with Gasteiger partial charge < -0.3 is 15.0 Å². The number of piperazine rings is 1. The standard InChI is InChI=1S/C24H26F2N6O2/c25-22(26)14-30-6-8-31(9-7-30)19-12-21-16(11-20(34-21)15-2-3-15)10-18(19)29-24(33)17-13-28-32-5-1-4-27-23(17)32/h1,4-5,10,12-13,15,20,22H,2-3,6-9,11,14H2,(H,29,33). The molecule has 8 nitrogen and oxygen atoms in total. The first kappa shape index (κ1) is 21.3. The number of alkyl halides is 2. The molecule has 1 N–H and O–H groups in total. The molecule has 10 heteroatoms. The molecule has 1 unspecified atom stereocenters. The number of halogens is 2. The van der Waals surface area contributed by atoms with Gasteiger partial charge in [0.2, 0.25) is 0 Å². The van der Waals surface area contributed by atoms with Crippen LogP contribution in [0.25, 0.3) is 5.65 Å². The molecule has 34 heavy (non-hydrogen) atoms. The largest absolute Gasteiger partial charge is 0.489 e. The van der Waals surface area contributed by atoms with E-state index in [1.165, 1.54) is 19.0 Å². The van der Waals surface area contributed by atoms with Crippen LogP contribution in [0.4, 0.5) is 20.2 Å². The molecule has 1 atom stereocenters. The van der Waals surface area contributed by atoms with Gasteiger partial charge in [0.25, 0.3) is 12.3 Å². The SMILES string of the molecule is O=C(Nc1cc2c(cc1N1CCN(CC(F)F)CC1)OC(C1CC1)C2)c1cnn2cccnc12. The van der Waals surface area contributed by atoms with E-state index in [0.717, 1.165) is 23.4 Å². The molecule has 1 saturated carbocycles. The number of hydrogen-bond donors (Lipinski definition) is 1. The van der Waals surface area contributed by atoms with E-state index < -0.39 is 6.43 Å². The Bertz CT molecular complexity index is 1220. The van der Waals surface area contributed by atoms with Gasteiger partial charge in [0.1, 0.15) is 17.4 Å². The third-order valence-corrected chi connectivity index (χ3v) is 6.91. The number of anilines is 2. The Morgan fingerprint density at radius 3 is 2.79 bits per heavy atom. The van der Waals surface area contributed by atoms with Crippen molar-refractivity contribution in [2.75, 3.05) is 42.9 Å². The van der Waals surface area contributed by atoms with Crippen LogP contribution in [0.2, 0.25) is 0 Å². The number of rotatable bonds is 6. The molecule has 2 fully saturated rings. The van der Waals surface area contributed by atoms with Gasteiger partial charge in [-0.2, -0.15) is 5.10 Å². The monoisotopic (exact) mass is 468 g/mol. The lowest BCUT2D eigenvalue weighted by Gasteiger charge is -2.37. The van der Waals surface area contributed by atoms with E-state index in [9.17, 15) is 13.6 Å². The topological polar surface area (TPSA) is 75.0 Å². The summed E-state index contributed by atoms with van der Waals surface area (Å²) in [4.78, 5) is 21.4.